The molecule has 2 fully saturated rings. The monoisotopic (exact) mass is 344 g/mol. The minimum Gasteiger partial charge on any atom is -0.375 e. The highest BCUT2D eigenvalue weighted by molar-refractivity contribution is 5.79. The molecule has 2 aliphatic rings. The lowest BCUT2D eigenvalue weighted by atomic mass is 9.94. The van der Waals surface area contributed by atoms with Crippen LogP contribution in [0.3, 0.4) is 0 Å². The molecule has 2 aromatic heterocycles. The van der Waals surface area contributed by atoms with Crippen molar-refractivity contribution in [3.8, 4) is 0 Å². The molecule has 2 aromatic rings. The summed E-state index contributed by atoms with van der Waals surface area (Å²) >= 11 is 0. The molecule has 0 radical (unpaired) electrons. The fraction of sp³-hybridized carbons (Fsp3) is 0.647. The lowest BCUT2D eigenvalue weighted by molar-refractivity contribution is -0.148. The minimum absolute atomic E-state index is 0.0997. The first kappa shape index (κ1) is 16.3. The van der Waals surface area contributed by atoms with E-state index in [1.165, 1.54) is 0 Å². The molecule has 134 valence electrons. The van der Waals surface area contributed by atoms with Gasteiger partial charge in [-0.05, 0) is 38.8 Å². The van der Waals surface area contributed by atoms with Gasteiger partial charge in [0.1, 0.15) is 12.1 Å². The molecule has 4 rings (SSSR count). The molecular formula is C17H24N6O2. The van der Waals surface area contributed by atoms with Gasteiger partial charge in [-0.15, -0.1) is 15.3 Å². The van der Waals surface area contributed by atoms with E-state index in [4.69, 9.17) is 4.74 Å². The van der Waals surface area contributed by atoms with Gasteiger partial charge in [0.25, 0.3) is 0 Å². The van der Waals surface area contributed by atoms with Crippen LogP contribution in [0.5, 0.6) is 0 Å². The lowest BCUT2D eigenvalue weighted by Gasteiger charge is -2.40. The third-order valence-electron chi connectivity index (χ3n) is 5.21. The summed E-state index contributed by atoms with van der Waals surface area (Å²) in [5.41, 5.74) is 0.740. The van der Waals surface area contributed by atoms with E-state index in [1.807, 2.05) is 24.0 Å². The quantitative estimate of drug-likeness (QED) is 0.808. The number of carbonyl (C=O) groups is 1. The molecule has 0 aromatic carbocycles. The summed E-state index contributed by atoms with van der Waals surface area (Å²) in [7, 11) is 0. The Bertz CT molecular complexity index is 754. The van der Waals surface area contributed by atoms with Crippen molar-refractivity contribution < 1.29 is 9.53 Å². The summed E-state index contributed by atoms with van der Waals surface area (Å²) < 4.78 is 7.32. The Labute approximate surface area is 146 Å². The Hall–Kier alpha value is -2.22. The molecule has 1 amide bonds. The Kier molecular flexibility index (Phi) is 4.29. The normalized spacial score (nSPS) is 25.5. The van der Waals surface area contributed by atoms with Crippen LogP contribution in [0.1, 0.15) is 26.7 Å². The van der Waals surface area contributed by atoms with Gasteiger partial charge in [-0.3, -0.25) is 4.79 Å². The van der Waals surface area contributed by atoms with Gasteiger partial charge < -0.3 is 14.5 Å². The predicted molar refractivity (Wildman–Crippen MR) is 92.3 cm³/mol. The molecule has 2 atom stereocenters. The number of rotatable bonds is 2. The Morgan fingerprint density at radius 2 is 2.04 bits per heavy atom. The van der Waals surface area contributed by atoms with Crippen molar-refractivity contribution in [2.45, 2.75) is 38.8 Å². The second-order valence-electron chi connectivity index (χ2n) is 7.07. The number of hydrogen-bond acceptors (Lipinski definition) is 6. The van der Waals surface area contributed by atoms with Crippen molar-refractivity contribution >= 4 is 17.4 Å². The number of piperidine rings is 1. The molecule has 2 aliphatic heterocycles. The van der Waals surface area contributed by atoms with Crippen molar-refractivity contribution in [1.82, 2.24) is 24.7 Å². The first-order valence-corrected chi connectivity index (χ1v) is 8.96. The van der Waals surface area contributed by atoms with Crippen LogP contribution in [0.25, 0.3) is 5.65 Å². The second-order valence-corrected chi connectivity index (χ2v) is 7.07. The molecule has 2 saturated heterocycles. The highest BCUT2D eigenvalue weighted by Gasteiger charge is 2.34. The van der Waals surface area contributed by atoms with Crippen molar-refractivity contribution in [1.29, 1.82) is 0 Å². The summed E-state index contributed by atoms with van der Waals surface area (Å²) in [4.78, 5) is 17.1. The van der Waals surface area contributed by atoms with E-state index >= 15 is 0 Å². The first-order valence-electron chi connectivity index (χ1n) is 8.96. The van der Waals surface area contributed by atoms with Gasteiger partial charge in [-0.25, -0.2) is 0 Å². The van der Waals surface area contributed by atoms with Crippen LogP contribution in [0.4, 0.5) is 5.82 Å². The molecule has 0 unspecified atom stereocenters. The summed E-state index contributed by atoms with van der Waals surface area (Å²) in [5.74, 6) is 1.29. The number of fused-ring (bicyclic) bond motifs is 1. The Morgan fingerprint density at radius 3 is 2.84 bits per heavy atom. The average Bonchev–Trinajstić information content (AvgIpc) is 3.11. The molecule has 0 aliphatic carbocycles. The summed E-state index contributed by atoms with van der Waals surface area (Å²) in [6.07, 6.45) is 3.45. The van der Waals surface area contributed by atoms with Gasteiger partial charge in [0, 0.05) is 25.6 Å². The highest BCUT2D eigenvalue weighted by Crippen LogP contribution is 2.25. The third kappa shape index (κ3) is 3.18. The molecule has 0 saturated carbocycles. The SMILES string of the molecule is C[C@H]1CN(C(=O)C2CCN(c3ccc4nncn4n3)CC2)[C@@H](C)CO1. The van der Waals surface area contributed by atoms with Crippen LogP contribution in [0.2, 0.25) is 0 Å². The number of hydrogen-bond donors (Lipinski definition) is 0. The van der Waals surface area contributed by atoms with E-state index in [1.54, 1.807) is 10.8 Å². The van der Waals surface area contributed by atoms with Crippen LogP contribution in [0, 0.1) is 5.92 Å². The van der Waals surface area contributed by atoms with Gasteiger partial charge in [0.05, 0.1) is 18.8 Å². The summed E-state index contributed by atoms with van der Waals surface area (Å²) in [6.45, 7) is 7.11. The van der Waals surface area contributed by atoms with Crippen LogP contribution < -0.4 is 4.90 Å². The fourth-order valence-electron chi connectivity index (χ4n) is 3.69. The number of carbonyl (C=O) groups excluding carboxylic acids is 1. The van der Waals surface area contributed by atoms with E-state index in [2.05, 4.69) is 27.1 Å². The van der Waals surface area contributed by atoms with E-state index in [0.717, 1.165) is 37.4 Å². The minimum atomic E-state index is 0.0997. The number of nitrogens with zero attached hydrogens (tertiary/aromatic N) is 6. The van der Waals surface area contributed by atoms with Crippen LogP contribution in [0.15, 0.2) is 18.5 Å². The molecule has 0 bridgehead atoms. The Balaban J connectivity index is 1.39. The fourth-order valence-corrected chi connectivity index (χ4v) is 3.69. The zero-order chi connectivity index (χ0) is 17.4. The first-order chi connectivity index (χ1) is 12.1. The largest absolute Gasteiger partial charge is 0.375 e. The molecule has 8 heteroatoms. The highest BCUT2D eigenvalue weighted by atomic mass is 16.5. The van der Waals surface area contributed by atoms with E-state index in [9.17, 15) is 4.79 Å². The number of morpholine rings is 1. The topological polar surface area (TPSA) is 75.9 Å². The second kappa shape index (κ2) is 6.59. The van der Waals surface area contributed by atoms with E-state index in [-0.39, 0.29) is 24.0 Å². The predicted octanol–water partition coefficient (Wildman–Crippen LogP) is 0.977. The van der Waals surface area contributed by atoms with Crippen molar-refractivity contribution in [3.63, 3.8) is 0 Å². The maximum atomic E-state index is 12.9. The lowest BCUT2D eigenvalue weighted by Crippen LogP contribution is -2.53. The van der Waals surface area contributed by atoms with Gasteiger partial charge in [0.15, 0.2) is 5.65 Å². The molecule has 0 spiro atoms. The zero-order valence-electron chi connectivity index (χ0n) is 14.7. The van der Waals surface area contributed by atoms with Gasteiger partial charge >= 0.3 is 0 Å². The molecule has 4 heterocycles. The number of anilines is 1. The van der Waals surface area contributed by atoms with Gasteiger partial charge in [-0.1, -0.05) is 0 Å². The van der Waals surface area contributed by atoms with Crippen LogP contribution >= 0.6 is 0 Å². The summed E-state index contributed by atoms with van der Waals surface area (Å²) in [6, 6.07) is 4.06. The van der Waals surface area contributed by atoms with E-state index < -0.39 is 0 Å². The van der Waals surface area contributed by atoms with Crippen molar-refractivity contribution in [2.24, 2.45) is 5.92 Å². The van der Waals surface area contributed by atoms with E-state index in [0.29, 0.717) is 13.2 Å². The maximum Gasteiger partial charge on any atom is 0.226 e. The average molecular weight is 344 g/mol. The molecule has 8 nitrogen and oxygen atoms in total. The van der Waals surface area contributed by atoms with Crippen LogP contribution in [-0.2, 0) is 9.53 Å². The van der Waals surface area contributed by atoms with Crippen molar-refractivity contribution in [3.05, 3.63) is 18.5 Å². The van der Waals surface area contributed by atoms with Gasteiger partial charge in [-0.2, -0.15) is 4.52 Å². The number of amides is 1. The molecule has 0 N–H and O–H groups in total. The standard InChI is InChI=1S/C17H24N6O2/c1-12-10-25-13(2)9-22(12)17(24)14-5-7-21(8-6-14)16-4-3-15-19-18-11-23(15)20-16/h3-4,11-14H,5-10H2,1-2H3/t12-,13-/m0/s1. The summed E-state index contributed by atoms with van der Waals surface area (Å²) in [5, 5.41) is 12.4. The molecular weight excluding hydrogens is 320 g/mol. The zero-order valence-corrected chi connectivity index (χ0v) is 14.7. The van der Waals surface area contributed by atoms with Crippen LogP contribution in [-0.4, -0.2) is 69.0 Å². The van der Waals surface area contributed by atoms with Crippen molar-refractivity contribution in [2.75, 3.05) is 31.1 Å². The number of ether oxygens (including phenoxy) is 1. The smallest absolute Gasteiger partial charge is 0.226 e. The van der Waals surface area contributed by atoms with Gasteiger partial charge in [0.2, 0.25) is 5.91 Å². The third-order valence-corrected chi connectivity index (χ3v) is 5.21. The maximum absolute atomic E-state index is 12.9. The number of aromatic nitrogens is 4. The molecule has 25 heavy (non-hydrogen) atoms. The Morgan fingerprint density at radius 1 is 1.24 bits per heavy atom.